The van der Waals surface area contributed by atoms with Gasteiger partial charge in [-0.15, -0.1) is 11.3 Å². The molecule has 4 nitrogen and oxygen atoms in total. The van der Waals surface area contributed by atoms with Gasteiger partial charge in [0.25, 0.3) is 0 Å². The van der Waals surface area contributed by atoms with Crippen molar-refractivity contribution in [2.45, 2.75) is 20.3 Å². The number of nitrogens with zero attached hydrogens (tertiary/aromatic N) is 3. The van der Waals surface area contributed by atoms with Crippen LogP contribution in [0.25, 0.3) is 10.2 Å². The molecule has 0 aliphatic carbocycles. The van der Waals surface area contributed by atoms with Gasteiger partial charge in [-0.1, -0.05) is 6.92 Å². The van der Waals surface area contributed by atoms with Gasteiger partial charge in [0, 0.05) is 25.0 Å². The van der Waals surface area contributed by atoms with Crippen LogP contribution in [0.4, 0.5) is 11.8 Å². The second kappa shape index (κ2) is 4.39. The number of nitrogens with one attached hydrogen (secondary N) is 1. The quantitative estimate of drug-likeness (QED) is 0.903. The van der Waals surface area contributed by atoms with Crippen LogP contribution >= 0.6 is 11.3 Å². The summed E-state index contributed by atoms with van der Waals surface area (Å²) < 4.78 is 0. The molecule has 3 rings (SSSR count). The van der Waals surface area contributed by atoms with E-state index in [1.165, 1.54) is 16.7 Å². The van der Waals surface area contributed by atoms with Crippen molar-refractivity contribution in [1.82, 2.24) is 9.97 Å². The molecule has 0 amide bonds. The molecule has 3 heterocycles. The van der Waals surface area contributed by atoms with E-state index in [4.69, 9.17) is 0 Å². The fourth-order valence-electron chi connectivity index (χ4n) is 2.51. The molecule has 96 valence electrons. The predicted octanol–water partition coefficient (Wildman–Crippen LogP) is 2.89. The van der Waals surface area contributed by atoms with Crippen molar-refractivity contribution in [3.63, 3.8) is 0 Å². The van der Waals surface area contributed by atoms with Crippen molar-refractivity contribution < 1.29 is 0 Å². The number of fused-ring (bicyclic) bond motifs is 1. The van der Waals surface area contributed by atoms with E-state index < -0.39 is 0 Å². The predicted molar refractivity (Wildman–Crippen MR) is 77.7 cm³/mol. The molecule has 2 aromatic rings. The van der Waals surface area contributed by atoms with E-state index in [0.29, 0.717) is 0 Å². The zero-order chi connectivity index (χ0) is 12.7. The molecule has 0 spiro atoms. The Morgan fingerprint density at radius 1 is 1.44 bits per heavy atom. The van der Waals surface area contributed by atoms with Crippen molar-refractivity contribution >= 4 is 33.3 Å². The van der Waals surface area contributed by atoms with Gasteiger partial charge in [-0.3, -0.25) is 0 Å². The van der Waals surface area contributed by atoms with Crippen molar-refractivity contribution in [3.05, 3.63) is 10.9 Å². The summed E-state index contributed by atoms with van der Waals surface area (Å²) >= 11 is 1.74. The molecule has 0 radical (unpaired) electrons. The summed E-state index contributed by atoms with van der Waals surface area (Å²) in [5, 5.41) is 4.26. The normalized spacial score (nSPS) is 19.7. The Morgan fingerprint density at radius 3 is 2.94 bits per heavy atom. The van der Waals surface area contributed by atoms with Crippen LogP contribution in [0.5, 0.6) is 0 Å². The third-order valence-corrected chi connectivity index (χ3v) is 4.39. The Balaban J connectivity index is 2.13. The van der Waals surface area contributed by atoms with Gasteiger partial charge in [0.1, 0.15) is 10.6 Å². The standard InChI is InChI=1S/C13H18N4S/c1-8-4-5-17(7-8)11-10-6-9(2)18-12(10)16-13(14-3)15-11/h6,8H,4-5,7H2,1-3H3,(H,14,15,16). The third kappa shape index (κ3) is 1.92. The van der Waals surface area contributed by atoms with Gasteiger partial charge in [-0.2, -0.15) is 4.98 Å². The highest BCUT2D eigenvalue weighted by atomic mass is 32.1. The lowest BCUT2D eigenvalue weighted by atomic mass is 10.2. The fraction of sp³-hybridized carbons (Fsp3) is 0.538. The molecule has 0 aromatic carbocycles. The van der Waals surface area contributed by atoms with Gasteiger partial charge >= 0.3 is 0 Å². The van der Waals surface area contributed by atoms with Crippen molar-refractivity contribution in [1.29, 1.82) is 0 Å². The third-order valence-electron chi connectivity index (χ3n) is 3.44. The maximum atomic E-state index is 4.66. The highest BCUT2D eigenvalue weighted by Crippen LogP contribution is 2.33. The van der Waals surface area contributed by atoms with E-state index in [0.717, 1.165) is 35.6 Å². The lowest BCUT2D eigenvalue weighted by molar-refractivity contribution is 0.659. The first-order chi connectivity index (χ1) is 8.67. The number of anilines is 2. The first-order valence-electron chi connectivity index (χ1n) is 6.38. The van der Waals surface area contributed by atoms with Gasteiger partial charge in [0.2, 0.25) is 5.95 Å². The van der Waals surface area contributed by atoms with Crippen LogP contribution in [-0.4, -0.2) is 30.1 Å². The SMILES string of the molecule is CNc1nc(N2CCC(C)C2)c2cc(C)sc2n1. The minimum absolute atomic E-state index is 0.721. The summed E-state index contributed by atoms with van der Waals surface area (Å²) in [4.78, 5) is 14.0. The Bertz CT molecular complexity index is 578. The second-order valence-corrected chi connectivity index (χ2v) is 6.27. The lowest BCUT2D eigenvalue weighted by Gasteiger charge is -2.18. The van der Waals surface area contributed by atoms with Gasteiger partial charge in [-0.25, -0.2) is 4.98 Å². The van der Waals surface area contributed by atoms with Gasteiger partial charge in [0.05, 0.1) is 5.39 Å². The first kappa shape index (κ1) is 11.7. The molecule has 0 bridgehead atoms. The van der Waals surface area contributed by atoms with Crippen LogP contribution in [0.3, 0.4) is 0 Å². The van der Waals surface area contributed by atoms with Crippen molar-refractivity contribution in [2.24, 2.45) is 5.92 Å². The average Bonchev–Trinajstić information content (AvgIpc) is 2.92. The molecule has 1 aliphatic rings. The minimum atomic E-state index is 0.721. The molecule has 1 atom stereocenters. The van der Waals surface area contributed by atoms with Crippen LogP contribution in [0.15, 0.2) is 6.07 Å². The number of rotatable bonds is 2. The highest BCUT2D eigenvalue weighted by Gasteiger charge is 2.23. The van der Waals surface area contributed by atoms with E-state index >= 15 is 0 Å². The fourth-order valence-corrected chi connectivity index (χ4v) is 3.38. The highest BCUT2D eigenvalue weighted by molar-refractivity contribution is 7.18. The molecule has 1 saturated heterocycles. The molecule has 1 N–H and O–H groups in total. The van der Waals surface area contributed by atoms with Crippen LogP contribution in [0.1, 0.15) is 18.2 Å². The zero-order valence-corrected chi connectivity index (χ0v) is 11.8. The Kier molecular flexibility index (Phi) is 2.86. The molecule has 1 fully saturated rings. The van der Waals surface area contributed by atoms with E-state index in [-0.39, 0.29) is 0 Å². The van der Waals surface area contributed by atoms with Crippen molar-refractivity contribution in [3.8, 4) is 0 Å². The van der Waals surface area contributed by atoms with Crippen LogP contribution in [0, 0.1) is 12.8 Å². The molecule has 5 heteroatoms. The van der Waals surface area contributed by atoms with Crippen LogP contribution in [-0.2, 0) is 0 Å². The Morgan fingerprint density at radius 2 is 2.28 bits per heavy atom. The largest absolute Gasteiger partial charge is 0.357 e. The first-order valence-corrected chi connectivity index (χ1v) is 7.20. The summed E-state index contributed by atoms with van der Waals surface area (Å²) in [6.45, 7) is 6.63. The monoisotopic (exact) mass is 262 g/mol. The molecule has 1 unspecified atom stereocenters. The topological polar surface area (TPSA) is 41.1 Å². The number of thiophene rings is 1. The van der Waals surface area contributed by atoms with Gasteiger partial charge in [0.15, 0.2) is 0 Å². The Hall–Kier alpha value is -1.36. The lowest BCUT2D eigenvalue weighted by Crippen LogP contribution is -2.21. The molecular weight excluding hydrogens is 244 g/mol. The average molecular weight is 262 g/mol. The maximum absolute atomic E-state index is 4.66. The van der Waals surface area contributed by atoms with E-state index in [1.54, 1.807) is 11.3 Å². The van der Waals surface area contributed by atoms with E-state index in [1.807, 2.05) is 7.05 Å². The summed E-state index contributed by atoms with van der Waals surface area (Å²) in [6.07, 6.45) is 1.25. The molecular formula is C13H18N4S. The summed E-state index contributed by atoms with van der Waals surface area (Å²) in [6, 6.07) is 2.21. The summed E-state index contributed by atoms with van der Waals surface area (Å²) in [5.74, 6) is 2.57. The van der Waals surface area contributed by atoms with E-state index in [9.17, 15) is 0 Å². The smallest absolute Gasteiger partial charge is 0.225 e. The number of aryl methyl sites for hydroxylation is 1. The van der Waals surface area contributed by atoms with Crippen LogP contribution in [0.2, 0.25) is 0 Å². The van der Waals surface area contributed by atoms with Gasteiger partial charge in [-0.05, 0) is 25.3 Å². The minimum Gasteiger partial charge on any atom is -0.357 e. The van der Waals surface area contributed by atoms with Gasteiger partial charge < -0.3 is 10.2 Å². The number of hydrogen-bond donors (Lipinski definition) is 1. The van der Waals surface area contributed by atoms with Crippen molar-refractivity contribution in [2.75, 3.05) is 30.4 Å². The number of hydrogen-bond acceptors (Lipinski definition) is 5. The second-order valence-electron chi connectivity index (χ2n) is 5.04. The maximum Gasteiger partial charge on any atom is 0.225 e. The molecule has 2 aromatic heterocycles. The molecule has 0 saturated carbocycles. The zero-order valence-electron chi connectivity index (χ0n) is 11.0. The van der Waals surface area contributed by atoms with Crippen LogP contribution < -0.4 is 10.2 Å². The van der Waals surface area contributed by atoms with E-state index in [2.05, 4.69) is 40.1 Å². The molecule has 18 heavy (non-hydrogen) atoms. The Labute approximate surface area is 111 Å². The molecule has 1 aliphatic heterocycles. The number of aromatic nitrogens is 2. The summed E-state index contributed by atoms with van der Waals surface area (Å²) in [7, 11) is 1.87. The summed E-state index contributed by atoms with van der Waals surface area (Å²) in [5.41, 5.74) is 0.